The van der Waals surface area contributed by atoms with Gasteiger partial charge >= 0.3 is 0 Å². The van der Waals surface area contributed by atoms with Crippen molar-refractivity contribution in [3.63, 3.8) is 0 Å². The van der Waals surface area contributed by atoms with E-state index < -0.39 is 0 Å². The summed E-state index contributed by atoms with van der Waals surface area (Å²) in [4.78, 5) is 0. The number of aryl methyl sites for hydroxylation is 2. The Bertz CT molecular complexity index is 298. The Morgan fingerprint density at radius 3 is 1.50 bits per heavy atom. The first kappa shape index (κ1) is 11.2. The van der Waals surface area contributed by atoms with Gasteiger partial charge in [0.15, 0.2) is 0 Å². The number of benzene rings is 1. The summed E-state index contributed by atoms with van der Waals surface area (Å²) in [5.41, 5.74) is 16.7. The zero-order valence-electron chi connectivity index (χ0n) is 9.46. The molecular weight excluding hydrogens is 172 g/mol. The minimum Gasteiger partial charge on any atom is -0.324 e. The quantitative estimate of drug-likeness (QED) is 0.755. The minimum atomic E-state index is 0.0769. The fourth-order valence-electron chi connectivity index (χ4n) is 1.87. The molecule has 2 atom stereocenters. The van der Waals surface area contributed by atoms with Gasteiger partial charge in [0.1, 0.15) is 0 Å². The fourth-order valence-corrected chi connectivity index (χ4v) is 1.87. The number of hydrogen-bond donors (Lipinski definition) is 2. The second-order valence-corrected chi connectivity index (χ2v) is 4.14. The summed E-state index contributed by atoms with van der Waals surface area (Å²) >= 11 is 0. The highest BCUT2D eigenvalue weighted by Crippen LogP contribution is 2.23. The maximum Gasteiger partial charge on any atom is 0.0268 e. The van der Waals surface area contributed by atoms with E-state index in [1.165, 1.54) is 22.3 Å². The molecule has 1 aromatic carbocycles. The van der Waals surface area contributed by atoms with Gasteiger partial charge in [-0.25, -0.2) is 0 Å². The van der Waals surface area contributed by atoms with Crippen LogP contribution >= 0.6 is 0 Å². The van der Waals surface area contributed by atoms with Gasteiger partial charge in [-0.15, -0.1) is 0 Å². The molecule has 0 saturated heterocycles. The lowest BCUT2D eigenvalue weighted by Gasteiger charge is -2.16. The highest BCUT2D eigenvalue weighted by atomic mass is 14.6. The molecule has 1 aromatic rings. The molecule has 0 bridgehead atoms. The molecule has 0 aromatic heterocycles. The lowest BCUT2D eigenvalue weighted by molar-refractivity contribution is 0.777. The Morgan fingerprint density at radius 2 is 1.21 bits per heavy atom. The van der Waals surface area contributed by atoms with E-state index in [1.54, 1.807) is 0 Å². The van der Waals surface area contributed by atoms with Gasteiger partial charge in [0.05, 0.1) is 0 Å². The molecule has 0 aliphatic heterocycles. The zero-order valence-corrected chi connectivity index (χ0v) is 9.46. The van der Waals surface area contributed by atoms with Gasteiger partial charge in [0.25, 0.3) is 0 Å². The van der Waals surface area contributed by atoms with Crippen LogP contribution in [0.1, 0.15) is 48.2 Å². The smallest absolute Gasteiger partial charge is 0.0268 e. The van der Waals surface area contributed by atoms with Gasteiger partial charge in [0.2, 0.25) is 0 Å². The summed E-state index contributed by atoms with van der Waals surface area (Å²) < 4.78 is 0. The van der Waals surface area contributed by atoms with Crippen LogP contribution in [0.5, 0.6) is 0 Å². The molecule has 0 radical (unpaired) electrons. The van der Waals surface area contributed by atoms with E-state index in [1.807, 2.05) is 13.8 Å². The summed E-state index contributed by atoms with van der Waals surface area (Å²) in [7, 11) is 0. The summed E-state index contributed by atoms with van der Waals surface area (Å²) in [6.07, 6.45) is 0. The predicted molar refractivity (Wildman–Crippen MR) is 61.1 cm³/mol. The standard InChI is InChI=1S/C12H20N2/c1-7-5-8(2)12(10(4)14)6-11(7)9(3)13/h5-6,9-10H,13-14H2,1-4H3. The van der Waals surface area contributed by atoms with Crippen LogP contribution in [0.4, 0.5) is 0 Å². The Kier molecular flexibility index (Phi) is 3.29. The average molecular weight is 192 g/mol. The monoisotopic (exact) mass is 192 g/mol. The molecule has 1 rings (SSSR count). The summed E-state index contributed by atoms with van der Waals surface area (Å²) in [5.74, 6) is 0. The lowest BCUT2D eigenvalue weighted by atomic mass is 9.93. The third-order valence-corrected chi connectivity index (χ3v) is 2.64. The number of hydrogen-bond acceptors (Lipinski definition) is 2. The van der Waals surface area contributed by atoms with Crippen molar-refractivity contribution in [2.45, 2.75) is 39.8 Å². The first-order valence-corrected chi connectivity index (χ1v) is 5.05. The molecule has 0 fully saturated rings. The summed E-state index contributed by atoms with van der Waals surface area (Å²) in [6, 6.07) is 4.46. The molecule has 0 aliphatic rings. The fraction of sp³-hybridized carbons (Fsp3) is 0.500. The van der Waals surface area contributed by atoms with E-state index in [2.05, 4.69) is 26.0 Å². The molecule has 14 heavy (non-hydrogen) atoms. The third kappa shape index (κ3) is 2.14. The molecule has 2 unspecified atom stereocenters. The molecule has 2 nitrogen and oxygen atoms in total. The van der Waals surface area contributed by atoms with Crippen LogP contribution in [0, 0.1) is 13.8 Å². The topological polar surface area (TPSA) is 52.0 Å². The Balaban J connectivity index is 3.27. The van der Waals surface area contributed by atoms with Crippen LogP contribution in [0.2, 0.25) is 0 Å². The van der Waals surface area contributed by atoms with Crippen LogP contribution in [0.3, 0.4) is 0 Å². The number of rotatable bonds is 2. The van der Waals surface area contributed by atoms with E-state index in [-0.39, 0.29) is 12.1 Å². The molecule has 4 N–H and O–H groups in total. The normalized spacial score (nSPS) is 15.3. The van der Waals surface area contributed by atoms with Gasteiger partial charge < -0.3 is 11.5 Å². The maximum absolute atomic E-state index is 5.89. The van der Waals surface area contributed by atoms with Crippen LogP contribution < -0.4 is 11.5 Å². The highest BCUT2D eigenvalue weighted by molar-refractivity contribution is 5.39. The highest BCUT2D eigenvalue weighted by Gasteiger charge is 2.10. The van der Waals surface area contributed by atoms with Crippen molar-refractivity contribution in [1.82, 2.24) is 0 Å². The van der Waals surface area contributed by atoms with Gasteiger partial charge in [-0.2, -0.15) is 0 Å². The van der Waals surface area contributed by atoms with E-state index in [9.17, 15) is 0 Å². The third-order valence-electron chi connectivity index (χ3n) is 2.64. The first-order chi connectivity index (χ1) is 6.43. The lowest BCUT2D eigenvalue weighted by Crippen LogP contribution is -2.12. The van der Waals surface area contributed by atoms with Crippen LogP contribution in [-0.4, -0.2) is 0 Å². The van der Waals surface area contributed by atoms with Crippen molar-refractivity contribution < 1.29 is 0 Å². The second kappa shape index (κ2) is 4.11. The summed E-state index contributed by atoms with van der Waals surface area (Å²) in [5, 5.41) is 0. The van der Waals surface area contributed by atoms with Crippen LogP contribution in [-0.2, 0) is 0 Å². The van der Waals surface area contributed by atoms with E-state index >= 15 is 0 Å². The Labute approximate surface area is 86.3 Å². The maximum atomic E-state index is 5.89. The van der Waals surface area contributed by atoms with E-state index in [4.69, 9.17) is 11.5 Å². The molecule has 0 amide bonds. The van der Waals surface area contributed by atoms with Crippen molar-refractivity contribution in [1.29, 1.82) is 0 Å². The van der Waals surface area contributed by atoms with Gasteiger partial charge in [-0.3, -0.25) is 0 Å². The van der Waals surface area contributed by atoms with E-state index in [0.717, 1.165) is 0 Å². The second-order valence-electron chi connectivity index (χ2n) is 4.14. The molecule has 0 heterocycles. The van der Waals surface area contributed by atoms with E-state index in [0.29, 0.717) is 0 Å². The molecule has 78 valence electrons. The van der Waals surface area contributed by atoms with Crippen molar-refractivity contribution >= 4 is 0 Å². The van der Waals surface area contributed by atoms with Crippen molar-refractivity contribution in [2.24, 2.45) is 11.5 Å². The molecule has 0 saturated carbocycles. The zero-order chi connectivity index (χ0) is 10.9. The largest absolute Gasteiger partial charge is 0.324 e. The molecule has 0 spiro atoms. The average Bonchev–Trinajstić information content (AvgIpc) is 2.02. The Morgan fingerprint density at radius 1 is 0.857 bits per heavy atom. The van der Waals surface area contributed by atoms with Crippen LogP contribution in [0.25, 0.3) is 0 Å². The van der Waals surface area contributed by atoms with Crippen LogP contribution in [0.15, 0.2) is 12.1 Å². The van der Waals surface area contributed by atoms with Crippen molar-refractivity contribution in [2.75, 3.05) is 0 Å². The molecule has 2 heteroatoms. The molecule has 0 aliphatic carbocycles. The molecular formula is C12H20N2. The first-order valence-electron chi connectivity index (χ1n) is 5.05. The number of nitrogens with two attached hydrogens (primary N) is 2. The van der Waals surface area contributed by atoms with Gasteiger partial charge in [-0.1, -0.05) is 12.1 Å². The van der Waals surface area contributed by atoms with Gasteiger partial charge in [-0.05, 0) is 49.9 Å². The van der Waals surface area contributed by atoms with Crippen molar-refractivity contribution in [3.8, 4) is 0 Å². The summed E-state index contributed by atoms with van der Waals surface area (Å²) in [6.45, 7) is 8.19. The van der Waals surface area contributed by atoms with Crippen molar-refractivity contribution in [3.05, 3.63) is 34.4 Å². The minimum absolute atomic E-state index is 0.0769. The SMILES string of the molecule is Cc1cc(C)c(C(C)N)cc1C(C)N. The van der Waals surface area contributed by atoms with Gasteiger partial charge in [0, 0.05) is 12.1 Å². The Hall–Kier alpha value is -0.860. The predicted octanol–water partition coefficient (Wildman–Crippen LogP) is 2.34.